The van der Waals surface area contributed by atoms with Crippen LogP contribution in [0.25, 0.3) is 0 Å². The van der Waals surface area contributed by atoms with Crippen LogP contribution in [0.1, 0.15) is 45.2 Å². The maximum Gasteiger partial charge on any atom is 0.224 e. The van der Waals surface area contributed by atoms with Gasteiger partial charge >= 0.3 is 0 Å². The molecule has 172 valence electrons. The first-order valence-electron chi connectivity index (χ1n) is 11.6. The number of carbonyl (C=O) groups excluding carboxylic acids is 2. The number of carbonyl (C=O) groups is 2. The number of rotatable bonds is 3. The summed E-state index contributed by atoms with van der Waals surface area (Å²) in [6.45, 7) is 5.77. The molecule has 5 nitrogen and oxygen atoms in total. The van der Waals surface area contributed by atoms with Gasteiger partial charge in [-0.05, 0) is 53.8 Å². The molecule has 0 spiro atoms. The van der Waals surface area contributed by atoms with Crippen LogP contribution in [0.15, 0.2) is 90.1 Å². The monoisotopic (exact) mass is 452 g/mol. The average Bonchev–Trinajstić information content (AvgIpc) is 2.93. The Labute approximate surface area is 200 Å². The number of Topliss-reactive ketones (excluding diaryl/α,β-unsaturated/α-hetero) is 1. The molecule has 1 aliphatic heterocycles. The Hall–Kier alpha value is -3.86. The number of benzene rings is 3. The largest absolute Gasteiger partial charge is 0.457 e. The van der Waals surface area contributed by atoms with E-state index >= 15 is 0 Å². The van der Waals surface area contributed by atoms with Crippen LogP contribution in [0.4, 0.5) is 11.4 Å². The number of allylic oxidation sites excluding steroid dienone is 1. The van der Waals surface area contributed by atoms with Crippen molar-refractivity contribution in [2.24, 2.45) is 5.41 Å². The summed E-state index contributed by atoms with van der Waals surface area (Å²) < 4.78 is 6.08. The molecule has 0 radical (unpaired) electrons. The second kappa shape index (κ2) is 8.49. The molecule has 2 aliphatic rings. The number of hydrogen-bond donors (Lipinski definition) is 1. The first kappa shape index (κ1) is 22.0. The van der Waals surface area contributed by atoms with E-state index in [1.807, 2.05) is 78.9 Å². The molecular formula is C29H28N2O3. The lowest BCUT2D eigenvalue weighted by Crippen LogP contribution is -2.38. The predicted octanol–water partition coefficient (Wildman–Crippen LogP) is 6.64. The van der Waals surface area contributed by atoms with Gasteiger partial charge in [0.05, 0.1) is 17.4 Å². The molecule has 1 atom stereocenters. The van der Waals surface area contributed by atoms with Gasteiger partial charge in [-0.2, -0.15) is 0 Å². The van der Waals surface area contributed by atoms with Crippen LogP contribution in [0.5, 0.6) is 11.5 Å². The van der Waals surface area contributed by atoms with Gasteiger partial charge in [0.25, 0.3) is 0 Å². The summed E-state index contributed by atoms with van der Waals surface area (Å²) in [5.74, 6) is 1.33. The van der Waals surface area contributed by atoms with Gasteiger partial charge in [-0.25, -0.2) is 0 Å². The van der Waals surface area contributed by atoms with Crippen LogP contribution in [-0.4, -0.2) is 11.7 Å². The van der Waals surface area contributed by atoms with Gasteiger partial charge in [0.2, 0.25) is 5.91 Å². The summed E-state index contributed by atoms with van der Waals surface area (Å²) in [5.41, 5.74) is 3.80. The molecule has 1 aliphatic carbocycles. The fourth-order valence-electron chi connectivity index (χ4n) is 5.02. The van der Waals surface area contributed by atoms with Crippen LogP contribution < -0.4 is 15.0 Å². The molecule has 3 aromatic rings. The number of amides is 1. The second-order valence-corrected chi connectivity index (χ2v) is 9.75. The van der Waals surface area contributed by atoms with Crippen molar-refractivity contribution in [2.75, 3.05) is 10.2 Å². The van der Waals surface area contributed by atoms with E-state index in [0.717, 1.165) is 34.8 Å². The highest BCUT2D eigenvalue weighted by Gasteiger charge is 2.42. The zero-order chi connectivity index (χ0) is 23.9. The van der Waals surface area contributed by atoms with E-state index < -0.39 is 6.04 Å². The van der Waals surface area contributed by atoms with Crippen LogP contribution >= 0.6 is 0 Å². The van der Waals surface area contributed by atoms with E-state index in [4.69, 9.17) is 4.74 Å². The molecule has 0 fully saturated rings. The Morgan fingerprint density at radius 2 is 1.65 bits per heavy atom. The first-order chi connectivity index (χ1) is 16.3. The SMILES string of the molecule is CC(=O)N1c2ccccc2NC2=C(C(=O)CC(C)(C)C2)C1c1cccc(Oc2ccccc2)c1. The van der Waals surface area contributed by atoms with E-state index in [1.165, 1.54) is 0 Å². The van der Waals surface area contributed by atoms with E-state index in [2.05, 4.69) is 19.2 Å². The molecule has 5 heteroatoms. The lowest BCUT2D eigenvalue weighted by Gasteiger charge is -2.36. The maximum atomic E-state index is 13.6. The number of ketones is 1. The molecule has 1 amide bonds. The number of ether oxygens (including phenoxy) is 1. The minimum Gasteiger partial charge on any atom is -0.457 e. The third-order valence-electron chi connectivity index (χ3n) is 6.39. The van der Waals surface area contributed by atoms with E-state index in [9.17, 15) is 9.59 Å². The molecule has 1 unspecified atom stereocenters. The number of nitrogens with one attached hydrogen (secondary N) is 1. The summed E-state index contributed by atoms with van der Waals surface area (Å²) in [6, 6.07) is 24.5. The zero-order valence-electron chi connectivity index (χ0n) is 19.7. The van der Waals surface area contributed by atoms with Gasteiger partial charge in [-0.15, -0.1) is 0 Å². The van der Waals surface area contributed by atoms with Gasteiger partial charge in [-0.1, -0.05) is 56.3 Å². The van der Waals surface area contributed by atoms with Crippen molar-refractivity contribution in [1.29, 1.82) is 0 Å². The minimum absolute atomic E-state index is 0.0668. The highest BCUT2D eigenvalue weighted by molar-refractivity contribution is 6.05. The molecule has 0 saturated carbocycles. The molecule has 34 heavy (non-hydrogen) atoms. The number of para-hydroxylation sites is 3. The third kappa shape index (κ3) is 4.10. The maximum absolute atomic E-state index is 13.6. The Morgan fingerprint density at radius 1 is 0.941 bits per heavy atom. The summed E-state index contributed by atoms with van der Waals surface area (Å²) in [5, 5.41) is 3.52. The van der Waals surface area contributed by atoms with Gasteiger partial charge in [0, 0.05) is 24.6 Å². The zero-order valence-corrected chi connectivity index (χ0v) is 19.7. The van der Waals surface area contributed by atoms with Gasteiger partial charge in [0.15, 0.2) is 5.78 Å². The average molecular weight is 453 g/mol. The van der Waals surface area contributed by atoms with Gasteiger partial charge < -0.3 is 10.1 Å². The molecule has 0 bridgehead atoms. The van der Waals surface area contributed by atoms with E-state index in [1.54, 1.807) is 11.8 Å². The highest BCUT2D eigenvalue weighted by atomic mass is 16.5. The van der Waals surface area contributed by atoms with Crippen molar-refractivity contribution >= 4 is 23.1 Å². The summed E-state index contributed by atoms with van der Waals surface area (Å²) in [7, 11) is 0. The lowest BCUT2D eigenvalue weighted by atomic mass is 9.73. The van der Waals surface area contributed by atoms with Crippen LogP contribution in [0.2, 0.25) is 0 Å². The molecule has 1 heterocycles. The Bertz CT molecular complexity index is 1290. The summed E-state index contributed by atoms with van der Waals surface area (Å²) in [4.78, 5) is 28.5. The fourth-order valence-corrected chi connectivity index (χ4v) is 5.02. The Kier molecular flexibility index (Phi) is 5.48. The number of nitrogens with zero attached hydrogens (tertiary/aromatic N) is 1. The topological polar surface area (TPSA) is 58.6 Å². The van der Waals surface area contributed by atoms with Crippen molar-refractivity contribution in [2.45, 2.75) is 39.7 Å². The highest BCUT2D eigenvalue weighted by Crippen LogP contribution is 2.48. The number of anilines is 2. The Balaban J connectivity index is 1.68. The Morgan fingerprint density at radius 3 is 2.41 bits per heavy atom. The number of fused-ring (bicyclic) bond motifs is 1. The molecule has 0 aromatic heterocycles. The first-order valence-corrected chi connectivity index (χ1v) is 11.6. The molecule has 5 rings (SSSR count). The van der Waals surface area contributed by atoms with E-state index in [0.29, 0.717) is 17.7 Å². The van der Waals surface area contributed by atoms with Gasteiger partial charge in [-0.3, -0.25) is 14.5 Å². The minimum atomic E-state index is -0.549. The van der Waals surface area contributed by atoms with Crippen LogP contribution in [0.3, 0.4) is 0 Å². The predicted molar refractivity (Wildman–Crippen MR) is 134 cm³/mol. The van der Waals surface area contributed by atoms with Crippen molar-refractivity contribution in [3.8, 4) is 11.5 Å². The lowest BCUT2D eigenvalue weighted by molar-refractivity contribution is -0.118. The molecule has 0 saturated heterocycles. The number of hydrogen-bond acceptors (Lipinski definition) is 4. The van der Waals surface area contributed by atoms with Crippen molar-refractivity contribution in [1.82, 2.24) is 0 Å². The smallest absolute Gasteiger partial charge is 0.224 e. The third-order valence-corrected chi connectivity index (χ3v) is 6.39. The molecular weight excluding hydrogens is 424 g/mol. The fraction of sp³-hybridized carbons (Fsp3) is 0.241. The summed E-state index contributed by atoms with van der Waals surface area (Å²) >= 11 is 0. The van der Waals surface area contributed by atoms with Crippen molar-refractivity contribution in [3.05, 3.63) is 95.7 Å². The standard InChI is InChI=1S/C29H28N2O3/c1-19(32)31-25-15-8-7-14-23(25)30-24-17-29(2,3)18-26(33)27(24)28(31)20-10-9-13-22(16-20)34-21-11-5-4-6-12-21/h4-16,28,30H,17-18H2,1-3H3. The summed E-state index contributed by atoms with van der Waals surface area (Å²) in [6.07, 6.45) is 1.16. The second-order valence-electron chi connectivity index (χ2n) is 9.75. The van der Waals surface area contributed by atoms with Crippen LogP contribution in [-0.2, 0) is 9.59 Å². The van der Waals surface area contributed by atoms with Crippen molar-refractivity contribution < 1.29 is 14.3 Å². The van der Waals surface area contributed by atoms with E-state index in [-0.39, 0.29) is 17.1 Å². The normalized spacial score (nSPS) is 19.0. The van der Waals surface area contributed by atoms with Crippen LogP contribution in [0, 0.1) is 5.41 Å². The quantitative estimate of drug-likeness (QED) is 0.484. The molecule has 3 aromatic carbocycles. The molecule has 1 N–H and O–H groups in total. The van der Waals surface area contributed by atoms with Crippen molar-refractivity contribution in [3.63, 3.8) is 0 Å². The van der Waals surface area contributed by atoms with Gasteiger partial charge in [0.1, 0.15) is 11.5 Å².